The van der Waals surface area contributed by atoms with E-state index in [9.17, 15) is 4.79 Å². The molecule has 2 aliphatic rings. The van der Waals surface area contributed by atoms with Crippen molar-refractivity contribution in [1.29, 1.82) is 0 Å². The maximum Gasteiger partial charge on any atom is 0.298 e. The van der Waals surface area contributed by atoms with Gasteiger partial charge in [0.05, 0.1) is 5.54 Å². The first-order valence-electron chi connectivity index (χ1n) is 6.17. The number of nitrogens with zero attached hydrogens (tertiary/aromatic N) is 2. The highest BCUT2D eigenvalue weighted by molar-refractivity contribution is 5.93. The smallest absolute Gasteiger partial charge is 0.298 e. The van der Waals surface area contributed by atoms with Crippen LogP contribution in [0.1, 0.15) is 33.1 Å². The van der Waals surface area contributed by atoms with E-state index in [0.29, 0.717) is 0 Å². The third-order valence-electron chi connectivity index (χ3n) is 3.52. The van der Waals surface area contributed by atoms with Crippen LogP contribution in [-0.4, -0.2) is 47.4 Å². The van der Waals surface area contributed by atoms with Gasteiger partial charge in [-0.2, -0.15) is 0 Å². The quantitative estimate of drug-likeness (QED) is 0.618. The summed E-state index contributed by atoms with van der Waals surface area (Å²) >= 11 is 0. The van der Waals surface area contributed by atoms with Crippen molar-refractivity contribution in [3.63, 3.8) is 0 Å². The van der Waals surface area contributed by atoms with Crippen molar-refractivity contribution in [2.75, 3.05) is 26.2 Å². The molecule has 2 saturated heterocycles. The molecule has 1 amide bonds. The van der Waals surface area contributed by atoms with Crippen LogP contribution in [0.3, 0.4) is 0 Å². The maximum absolute atomic E-state index is 11.8. The topological polar surface area (TPSA) is 23.6 Å². The lowest BCUT2D eigenvalue weighted by Gasteiger charge is -2.41. The molecule has 0 saturated carbocycles. The van der Waals surface area contributed by atoms with Crippen molar-refractivity contribution >= 4 is 5.91 Å². The molecule has 0 unspecified atom stereocenters. The Labute approximate surface area is 97.8 Å². The molecule has 2 fully saturated rings. The lowest BCUT2D eigenvalue weighted by atomic mass is 9.99. The molecule has 0 spiro atoms. The molecule has 0 radical (unpaired) electrons. The predicted molar refractivity (Wildman–Crippen MR) is 63.9 cm³/mol. The van der Waals surface area contributed by atoms with E-state index >= 15 is 0 Å². The predicted octanol–water partition coefficient (Wildman–Crippen LogP) is 1.10. The summed E-state index contributed by atoms with van der Waals surface area (Å²) in [5.41, 5.74) is -0.145. The Morgan fingerprint density at radius 1 is 1.06 bits per heavy atom. The molecule has 2 heterocycles. The minimum Gasteiger partial charge on any atom is -0.332 e. The van der Waals surface area contributed by atoms with Gasteiger partial charge < -0.3 is 4.90 Å². The maximum atomic E-state index is 11.8. The summed E-state index contributed by atoms with van der Waals surface area (Å²) < 4.78 is 0. The second kappa shape index (κ2) is 4.47. The first kappa shape index (κ1) is 11.5. The fraction of sp³-hybridized carbons (Fsp3) is 0.769. The highest BCUT2D eigenvalue weighted by atomic mass is 16.2. The summed E-state index contributed by atoms with van der Waals surface area (Å²) in [5.74, 6) is 5.94. The fourth-order valence-electron chi connectivity index (χ4n) is 2.16. The van der Waals surface area contributed by atoms with Gasteiger partial charge in [-0.1, -0.05) is 5.92 Å². The van der Waals surface area contributed by atoms with Crippen LogP contribution in [0.15, 0.2) is 0 Å². The van der Waals surface area contributed by atoms with Crippen LogP contribution in [0.2, 0.25) is 0 Å². The average molecular weight is 220 g/mol. The second-order valence-corrected chi connectivity index (χ2v) is 5.15. The molecular formula is C13H20N2O. The number of rotatable bonds is 1. The van der Waals surface area contributed by atoms with Gasteiger partial charge in [0, 0.05) is 26.2 Å². The van der Waals surface area contributed by atoms with E-state index in [2.05, 4.69) is 30.6 Å². The summed E-state index contributed by atoms with van der Waals surface area (Å²) in [6.45, 7) is 8.18. The van der Waals surface area contributed by atoms with E-state index in [4.69, 9.17) is 0 Å². The number of amides is 1. The van der Waals surface area contributed by atoms with E-state index in [1.807, 2.05) is 4.90 Å². The Hall–Kier alpha value is -1.01. The minimum atomic E-state index is -0.145. The van der Waals surface area contributed by atoms with Crippen LogP contribution >= 0.6 is 0 Å². The van der Waals surface area contributed by atoms with Crippen molar-refractivity contribution in [3.05, 3.63) is 0 Å². The fourth-order valence-corrected chi connectivity index (χ4v) is 2.16. The molecule has 0 aromatic carbocycles. The Bertz CT molecular complexity index is 328. The monoisotopic (exact) mass is 220 g/mol. The second-order valence-electron chi connectivity index (χ2n) is 5.15. The lowest BCUT2D eigenvalue weighted by molar-refractivity contribution is -0.124. The van der Waals surface area contributed by atoms with Crippen molar-refractivity contribution < 1.29 is 4.79 Å². The molecule has 2 rings (SSSR count). The highest BCUT2D eigenvalue weighted by Crippen LogP contribution is 2.20. The zero-order valence-corrected chi connectivity index (χ0v) is 10.3. The Morgan fingerprint density at radius 2 is 1.69 bits per heavy atom. The van der Waals surface area contributed by atoms with Crippen LogP contribution in [0.25, 0.3) is 0 Å². The molecular weight excluding hydrogens is 200 g/mol. The van der Waals surface area contributed by atoms with E-state index in [-0.39, 0.29) is 11.4 Å². The molecule has 0 aromatic heterocycles. The Morgan fingerprint density at radius 3 is 2.19 bits per heavy atom. The van der Waals surface area contributed by atoms with Crippen LogP contribution in [0.4, 0.5) is 0 Å². The summed E-state index contributed by atoms with van der Waals surface area (Å²) in [6.07, 6.45) is 3.51. The average Bonchev–Trinajstić information content (AvgIpc) is 2.63. The van der Waals surface area contributed by atoms with Gasteiger partial charge in [-0.15, -0.1) is 0 Å². The largest absolute Gasteiger partial charge is 0.332 e. The van der Waals surface area contributed by atoms with Crippen LogP contribution < -0.4 is 0 Å². The van der Waals surface area contributed by atoms with Crippen molar-refractivity contribution in [2.45, 2.75) is 38.6 Å². The van der Waals surface area contributed by atoms with Gasteiger partial charge in [0.1, 0.15) is 0 Å². The molecule has 0 N–H and O–H groups in total. The van der Waals surface area contributed by atoms with E-state index in [0.717, 1.165) is 39.0 Å². The van der Waals surface area contributed by atoms with Crippen LogP contribution in [0.5, 0.6) is 0 Å². The van der Waals surface area contributed by atoms with Gasteiger partial charge in [-0.05, 0) is 39.0 Å². The van der Waals surface area contributed by atoms with Gasteiger partial charge in [-0.3, -0.25) is 9.69 Å². The summed E-state index contributed by atoms with van der Waals surface area (Å²) in [7, 11) is 0. The molecule has 88 valence electrons. The van der Waals surface area contributed by atoms with Gasteiger partial charge in [0.15, 0.2) is 0 Å². The zero-order valence-electron chi connectivity index (χ0n) is 10.3. The summed E-state index contributed by atoms with van der Waals surface area (Å²) in [4.78, 5) is 15.9. The van der Waals surface area contributed by atoms with Gasteiger partial charge in [0.2, 0.25) is 0 Å². The number of carbonyl (C=O) groups is 1. The number of hydrogen-bond donors (Lipinski definition) is 0. The minimum absolute atomic E-state index is 0.00565. The van der Waals surface area contributed by atoms with Crippen LogP contribution in [0, 0.1) is 11.8 Å². The SMILES string of the molecule is CC(C)(C#CC(=O)N1CCCC1)N1CCC1. The number of hydrogen-bond acceptors (Lipinski definition) is 2. The zero-order chi connectivity index (χ0) is 11.6. The van der Waals surface area contributed by atoms with E-state index in [1.165, 1.54) is 6.42 Å². The third kappa shape index (κ3) is 2.38. The molecule has 0 aliphatic carbocycles. The van der Waals surface area contributed by atoms with Gasteiger partial charge in [-0.25, -0.2) is 0 Å². The van der Waals surface area contributed by atoms with E-state index in [1.54, 1.807) is 0 Å². The van der Waals surface area contributed by atoms with Crippen molar-refractivity contribution in [1.82, 2.24) is 9.80 Å². The molecule has 0 aromatic rings. The first-order chi connectivity index (χ1) is 7.59. The third-order valence-corrected chi connectivity index (χ3v) is 3.52. The molecule has 3 heteroatoms. The molecule has 0 atom stereocenters. The summed E-state index contributed by atoms with van der Waals surface area (Å²) in [6, 6.07) is 0. The molecule has 2 aliphatic heterocycles. The molecule has 0 bridgehead atoms. The Balaban J connectivity index is 1.94. The molecule has 3 nitrogen and oxygen atoms in total. The number of likely N-dealkylation sites (tertiary alicyclic amines) is 2. The summed E-state index contributed by atoms with van der Waals surface area (Å²) in [5, 5.41) is 0. The van der Waals surface area contributed by atoms with Crippen molar-refractivity contribution in [3.8, 4) is 11.8 Å². The van der Waals surface area contributed by atoms with E-state index < -0.39 is 0 Å². The van der Waals surface area contributed by atoms with Gasteiger partial charge in [0.25, 0.3) is 5.91 Å². The van der Waals surface area contributed by atoms with Crippen LogP contribution in [-0.2, 0) is 4.79 Å². The Kier molecular flexibility index (Phi) is 3.20. The standard InChI is InChI=1S/C13H20N2O/c1-13(2,15-10-5-11-15)7-6-12(16)14-8-3-4-9-14/h3-5,8-11H2,1-2H3. The molecule has 16 heavy (non-hydrogen) atoms. The first-order valence-corrected chi connectivity index (χ1v) is 6.17. The highest BCUT2D eigenvalue weighted by Gasteiger charge is 2.29. The number of carbonyl (C=O) groups excluding carboxylic acids is 1. The van der Waals surface area contributed by atoms with Crippen molar-refractivity contribution in [2.24, 2.45) is 0 Å². The lowest BCUT2D eigenvalue weighted by Crippen LogP contribution is -2.51. The van der Waals surface area contributed by atoms with Gasteiger partial charge >= 0.3 is 0 Å². The normalized spacial score (nSPS) is 21.2.